The first-order valence-electron chi connectivity index (χ1n) is 9.78. The molecule has 1 aromatic carbocycles. The molecule has 0 atom stereocenters. The fraction of sp³-hybridized carbons (Fsp3) is 0.364. The van der Waals surface area contributed by atoms with Crippen molar-refractivity contribution in [2.24, 2.45) is 5.92 Å². The van der Waals surface area contributed by atoms with Gasteiger partial charge in [-0.3, -0.25) is 14.3 Å². The van der Waals surface area contributed by atoms with E-state index in [-0.39, 0.29) is 5.91 Å². The van der Waals surface area contributed by atoms with Gasteiger partial charge in [0, 0.05) is 24.5 Å². The van der Waals surface area contributed by atoms with Gasteiger partial charge in [0.05, 0.1) is 11.4 Å². The van der Waals surface area contributed by atoms with E-state index in [1.54, 1.807) is 12.4 Å². The second-order valence-electron chi connectivity index (χ2n) is 7.49. The number of rotatable bonds is 8. The average Bonchev–Trinajstić information content (AvgIpc) is 3.10. The molecule has 1 N–H and O–H groups in total. The zero-order chi connectivity index (χ0) is 20.8. The summed E-state index contributed by atoms with van der Waals surface area (Å²) in [5, 5.41) is 12.5. The van der Waals surface area contributed by atoms with Crippen LogP contribution in [0, 0.1) is 19.8 Å². The van der Waals surface area contributed by atoms with Gasteiger partial charge in [-0.1, -0.05) is 43.3 Å². The molecule has 0 spiro atoms. The van der Waals surface area contributed by atoms with Crippen molar-refractivity contribution in [3.63, 3.8) is 0 Å². The van der Waals surface area contributed by atoms with Gasteiger partial charge in [0.15, 0.2) is 11.0 Å². The van der Waals surface area contributed by atoms with E-state index in [4.69, 9.17) is 0 Å². The number of amides is 1. The molecule has 0 radical (unpaired) electrons. The van der Waals surface area contributed by atoms with E-state index in [0.29, 0.717) is 29.2 Å². The van der Waals surface area contributed by atoms with Crippen LogP contribution in [-0.4, -0.2) is 38.0 Å². The number of benzene rings is 1. The van der Waals surface area contributed by atoms with E-state index in [1.165, 1.54) is 17.3 Å². The van der Waals surface area contributed by atoms with E-state index in [1.807, 2.05) is 16.7 Å². The molecule has 0 aliphatic carbocycles. The van der Waals surface area contributed by atoms with Gasteiger partial charge in [-0.25, -0.2) is 0 Å². The predicted octanol–water partition coefficient (Wildman–Crippen LogP) is 4.20. The maximum Gasteiger partial charge on any atom is 0.230 e. The number of hydrogen-bond donors (Lipinski definition) is 1. The van der Waals surface area contributed by atoms with Crippen molar-refractivity contribution in [2.75, 3.05) is 12.3 Å². The molecule has 29 heavy (non-hydrogen) atoms. The summed E-state index contributed by atoms with van der Waals surface area (Å²) in [4.78, 5) is 16.4. The number of aryl methyl sites for hydroxylation is 2. The largest absolute Gasteiger partial charge is 0.355 e. The minimum atomic E-state index is 0.00811. The lowest BCUT2D eigenvalue weighted by Crippen LogP contribution is -2.27. The van der Waals surface area contributed by atoms with Crippen LogP contribution in [0.5, 0.6) is 0 Å². The minimum Gasteiger partial charge on any atom is -0.355 e. The van der Waals surface area contributed by atoms with Gasteiger partial charge >= 0.3 is 0 Å². The van der Waals surface area contributed by atoms with Crippen LogP contribution in [0.1, 0.15) is 31.4 Å². The molecule has 0 saturated heterocycles. The van der Waals surface area contributed by atoms with E-state index in [0.717, 1.165) is 23.2 Å². The molecule has 3 rings (SSSR count). The molecule has 2 aromatic heterocycles. The molecule has 0 saturated carbocycles. The van der Waals surface area contributed by atoms with Crippen molar-refractivity contribution in [2.45, 2.75) is 39.3 Å². The Kier molecular flexibility index (Phi) is 7.04. The Labute approximate surface area is 176 Å². The summed E-state index contributed by atoms with van der Waals surface area (Å²) in [6.07, 6.45) is 4.48. The fourth-order valence-corrected chi connectivity index (χ4v) is 3.77. The summed E-state index contributed by atoms with van der Waals surface area (Å²) < 4.78 is 2.01. The average molecular weight is 410 g/mol. The van der Waals surface area contributed by atoms with Crippen molar-refractivity contribution >= 4 is 17.7 Å². The lowest BCUT2D eigenvalue weighted by Gasteiger charge is -2.13. The van der Waals surface area contributed by atoms with Crippen LogP contribution < -0.4 is 5.32 Å². The van der Waals surface area contributed by atoms with E-state index in [2.05, 4.69) is 66.4 Å². The Bertz CT molecular complexity index is 969. The molecule has 0 aliphatic heterocycles. The molecule has 7 heteroatoms. The van der Waals surface area contributed by atoms with E-state index < -0.39 is 0 Å². The molecule has 1 amide bonds. The SMILES string of the molecule is Cc1ccc(-n2c(SCC(=O)NCCC(C)C)nnc2-c2cccnc2)c(C)c1. The summed E-state index contributed by atoms with van der Waals surface area (Å²) in [6, 6.07) is 10.1. The monoisotopic (exact) mass is 409 g/mol. The van der Waals surface area contributed by atoms with Gasteiger partial charge in [0.25, 0.3) is 0 Å². The standard InChI is InChI=1S/C22H27N5OS/c1-15(2)9-11-24-20(28)14-29-22-26-25-21(18-6-5-10-23-13-18)27(22)19-8-7-16(3)12-17(19)4/h5-8,10,12-13,15H,9,11,14H2,1-4H3,(H,24,28). The number of hydrogen-bond acceptors (Lipinski definition) is 5. The van der Waals surface area contributed by atoms with Crippen LogP contribution in [0.2, 0.25) is 0 Å². The van der Waals surface area contributed by atoms with E-state index in [9.17, 15) is 4.79 Å². The predicted molar refractivity (Wildman–Crippen MR) is 117 cm³/mol. The number of pyridine rings is 1. The summed E-state index contributed by atoms with van der Waals surface area (Å²) in [5.41, 5.74) is 4.20. The lowest BCUT2D eigenvalue weighted by atomic mass is 10.1. The molecular weight excluding hydrogens is 382 g/mol. The minimum absolute atomic E-state index is 0.00811. The zero-order valence-corrected chi connectivity index (χ0v) is 18.2. The number of carbonyl (C=O) groups excluding carboxylic acids is 1. The van der Waals surface area contributed by atoms with Gasteiger partial charge in [0.2, 0.25) is 5.91 Å². The lowest BCUT2D eigenvalue weighted by molar-refractivity contribution is -0.118. The Morgan fingerprint density at radius 3 is 2.72 bits per heavy atom. The van der Waals surface area contributed by atoms with Gasteiger partial charge in [-0.15, -0.1) is 10.2 Å². The third kappa shape index (κ3) is 5.44. The number of nitrogens with zero attached hydrogens (tertiary/aromatic N) is 4. The molecule has 3 aromatic rings. The molecule has 0 aliphatic rings. The number of aromatic nitrogens is 4. The van der Waals surface area contributed by atoms with Gasteiger partial charge in [0.1, 0.15) is 0 Å². The molecule has 0 fully saturated rings. The van der Waals surface area contributed by atoms with Crippen molar-refractivity contribution in [3.05, 3.63) is 53.9 Å². The Balaban J connectivity index is 1.88. The van der Waals surface area contributed by atoms with Crippen LogP contribution in [0.3, 0.4) is 0 Å². The highest BCUT2D eigenvalue weighted by Gasteiger charge is 2.18. The summed E-state index contributed by atoms with van der Waals surface area (Å²) in [7, 11) is 0. The Morgan fingerprint density at radius 2 is 2.03 bits per heavy atom. The summed E-state index contributed by atoms with van der Waals surface area (Å²) in [6.45, 7) is 9.13. The van der Waals surface area contributed by atoms with Crippen LogP contribution in [0.4, 0.5) is 0 Å². The van der Waals surface area contributed by atoms with Crippen LogP contribution in [0.25, 0.3) is 17.1 Å². The first-order valence-corrected chi connectivity index (χ1v) is 10.8. The smallest absolute Gasteiger partial charge is 0.230 e. The molecule has 0 unspecified atom stereocenters. The molecular formula is C22H27N5OS. The van der Waals surface area contributed by atoms with E-state index >= 15 is 0 Å². The highest BCUT2D eigenvalue weighted by Crippen LogP contribution is 2.29. The second kappa shape index (κ2) is 9.69. The maximum atomic E-state index is 12.2. The maximum absolute atomic E-state index is 12.2. The van der Waals surface area contributed by atoms with Crippen molar-refractivity contribution in [1.29, 1.82) is 0 Å². The summed E-state index contributed by atoms with van der Waals surface area (Å²) >= 11 is 1.39. The quantitative estimate of drug-likeness (QED) is 0.565. The van der Waals surface area contributed by atoms with Crippen LogP contribution in [0.15, 0.2) is 47.9 Å². The van der Waals surface area contributed by atoms with Gasteiger partial charge < -0.3 is 5.32 Å². The molecule has 0 bridgehead atoms. The van der Waals surface area contributed by atoms with Crippen molar-refractivity contribution in [3.8, 4) is 17.1 Å². The summed E-state index contributed by atoms with van der Waals surface area (Å²) in [5.74, 6) is 1.59. The fourth-order valence-electron chi connectivity index (χ4n) is 3.00. The number of nitrogens with one attached hydrogen (secondary N) is 1. The molecule has 2 heterocycles. The van der Waals surface area contributed by atoms with Crippen molar-refractivity contribution in [1.82, 2.24) is 25.1 Å². The van der Waals surface area contributed by atoms with Crippen molar-refractivity contribution < 1.29 is 4.79 Å². The van der Waals surface area contributed by atoms with Crippen LogP contribution >= 0.6 is 11.8 Å². The Hall–Kier alpha value is -2.67. The van der Waals surface area contributed by atoms with Gasteiger partial charge in [-0.05, 0) is 49.9 Å². The molecule has 152 valence electrons. The third-order valence-corrected chi connectivity index (χ3v) is 5.45. The van der Waals surface area contributed by atoms with Gasteiger partial charge in [-0.2, -0.15) is 0 Å². The number of thioether (sulfide) groups is 1. The number of carbonyl (C=O) groups is 1. The first kappa shape index (κ1) is 21.0. The topological polar surface area (TPSA) is 72.7 Å². The first-order chi connectivity index (χ1) is 14.0. The Morgan fingerprint density at radius 1 is 1.21 bits per heavy atom. The highest BCUT2D eigenvalue weighted by molar-refractivity contribution is 7.99. The highest BCUT2D eigenvalue weighted by atomic mass is 32.2. The zero-order valence-electron chi connectivity index (χ0n) is 17.3. The normalized spacial score (nSPS) is 11.1. The third-order valence-electron chi connectivity index (χ3n) is 4.52. The van der Waals surface area contributed by atoms with Crippen LogP contribution in [-0.2, 0) is 4.79 Å². The second-order valence-corrected chi connectivity index (χ2v) is 8.44. The molecule has 6 nitrogen and oxygen atoms in total.